The first-order chi connectivity index (χ1) is 41.0. The predicted octanol–water partition coefficient (Wildman–Crippen LogP) is 25.2. The zero-order valence-corrected chi connectivity index (χ0v) is 55.5. The summed E-state index contributed by atoms with van der Waals surface area (Å²) in [7, 11) is 0. The summed E-state index contributed by atoms with van der Waals surface area (Å²) in [5.74, 6) is -0.867. The second-order valence-corrected chi connectivity index (χ2v) is 24.5. The van der Waals surface area contributed by atoms with E-state index in [0.717, 1.165) is 96.3 Å². The summed E-state index contributed by atoms with van der Waals surface area (Å²) in [5.41, 5.74) is 0. The van der Waals surface area contributed by atoms with Gasteiger partial charge in [0.25, 0.3) is 0 Å². The van der Waals surface area contributed by atoms with Crippen molar-refractivity contribution in [1.29, 1.82) is 0 Å². The van der Waals surface area contributed by atoms with E-state index in [4.69, 9.17) is 14.2 Å². The number of carbonyl (C=O) groups is 3. The second-order valence-electron chi connectivity index (χ2n) is 24.5. The number of rotatable bonds is 67. The molecule has 0 saturated carbocycles. The van der Waals surface area contributed by atoms with E-state index >= 15 is 0 Å². The van der Waals surface area contributed by atoms with Crippen molar-refractivity contribution >= 4 is 17.9 Å². The molecular formula is C77H138O6. The van der Waals surface area contributed by atoms with Crippen LogP contribution in [0.3, 0.4) is 0 Å². The van der Waals surface area contributed by atoms with Crippen molar-refractivity contribution < 1.29 is 28.6 Å². The lowest BCUT2D eigenvalue weighted by atomic mass is 10.0. The van der Waals surface area contributed by atoms with Crippen LogP contribution < -0.4 is 0 Å². The lowest BCUT2D eigenvalue weighted by molar-refractivity contribution is -0.167. The van der Waals surface area contributed by atoms with E-state index in [-0.39, 0.29) is 31.1 Å². The van der Waals surface area contributed by atoms with Gasteiger partial charge in [0.05, 0.1) is 0 Å². The third-order valence-corrected chi connectivity index (χ3v) is 16.2. The van der Waals surface area contributed by atoms with Crippen LogP contribution in [0.15, 0.2) is 72.9 Å². The molecule has 482 valence electrons. The number of allylic oxidation sites excluding steroid dienone is 12. The minimum atomic E-state index is -0.783. The maximum absolute atomic E-state index is 13.0. The summed E-state index contributed by atoms with van der Waals surface area (Å²) in [5, 5.41) is 0. The Balaban J connectivity index is 4.29. The van der Waals surface area contributed by atoms with Gasteiger partial charge in [0, 0.05) is 19.3 Å². The minimum Gasteiger partial charge on any atom is -0.462 e. The summed E-state index contributed by atoms with van der Waals surface area (Å²) in [6.07, 6.45) is 93.6. The van der Waals surface area contributed by atoms with Crippen LogP contribution in [0.5, 0.6) is 0 Å². The molecule has 0 aliphatic carbocycles. The zero-order chi connectivity index (χ0) is 59.9. The van der Waals surface area contributed by atoms with E-state index in [1.54, 1.807) is 0 Å². The lowest BCUT2D eigenvalue weighted by Crippen LogP contribution is -2.30. The van der Waals surface area contributed by atoms with Crippen LogP contribution in [0.25, 0.3) is 0 Å². The molecule has 0 aliphatic rings. The first-order valence-corrected chi connectivity index (χ1v) is 36.4. The number of ether oxygens (including phenoxy) is 3. The van der Waals surface area contributed by atoms with Gasteiger partial charge in [-0.15, -0.1) is 0 Å². The highest BCUT2D eigenvalue weighted by Crippen LogP contribution is 2.18. The Morgan fingerprint density at radius 1 is 0.241 bits per heavy atom. The Kier molecular flexibility index (Phi) is 68.6. The molecule has 1 unspecified atom stereocenters. The van der Waals surface area contributed by atoms with Crippen LogP contribution in [-0.2, 0) is 28.6 Å². The number of hydrogen-bond donors (Lipinski definition) is 0. The Hall–Kier alpha value is -3.15. The summed E-state index contributed by atoms with van der Waals surface area (Å²) >= 11 is 0. The Morgan fingerprint density at radius 2 is 0.434 bits per heavy atom. The van der Waals surface area contributed by atoms with E-state index < -0.39 is 6.10 Å². The summed E-state index contributed by atoms with van der Waals surface area (Å²) in [6.45, 7) is 6.66. The number of hydrogen-bond acceptors (Lipinski definition) is 6. The van der Waals surface area contributed by atoms with Gasteiger partial charge in [-0.25, -0.2) is 0 Å². The molecule has 0 saturated heterocycles. The SMILES string of the molecule is CCCCCCC/C=C\C/C=C\C/C=C\CCCCCCCCCCCCCCCCC(=O)OCC(COC(=O)CCCCCCCCCCCCCCCCC)OC(=O)CCCCCCCC/C=C\C/C=C\C/C=C\CCCCCCC. The lowest BCUT2D eigenvalue weighted by Gasteiger charge is -2.18. The molecule has 83 heavy (non-hydrogen) atoms. The van der Waals surface area contributed by atoms with Crippen molar-refractivity contribution in [3.63, 3.8) is 0 Å². The molecule has 0 N–H and O–H groups in total. The summed E-state index contributed by atoms with van der Waals surface area (Å²) < 4.78 is 17.0. The molecular weight excluding hydrogens is 1020 g/mol. The van der Waals surface area contributed by atoms with Gasteiger partial charge in [-0.1, -0.05) is 338 Å². The van der Waals surface area contributed by atoms with Crippen molar-refractivity contribution in [3.8, 4) is 0 Å². The van der Waals surface area contributed by atoms with Gasteiger partial charge >= 0.3 is 17.9 Å². The summed E-state index contributed by atoms with van der Waals surface area (Å²) in [4.78, 5) is 38.5. The zero-order valence-electron chi connectivity index (χ0n) is 55.5. The Labute approximate surface area is 516 Å². The molecule has 0 aromatic heterocycles. The van der Waals surface area contributed by atoms with Gasteiger partial charge in [-0.05, 0) is 96.3 Å². The molecule has 0 aromatic carbocycles. The second kappa shape index (κ2) is 71.3. The highest BCUT2D eigenvalue weighted by molar-refractivity contribution is 5.71. The molecule has 6 heteroatoms. The van der Waals surface area contributed by atoms with Crippen LogP contribution in [-0.4, -0.2) is 37.2 Å². The number of unbranched alkanes of at least 4 members (excludes halogenated alkanes) is 44. The monoisotopic (exact) mass is 1160 g/mol. The van der Waals surface area contributed by atoms with Gasteiger partial charge in [0.1, 0.15) is 13.2 Å². The average molecular weight is 1160 g/mol. The van der Waals surface area contributed by atoms with E-state index in [1.165, 1.54) is 244 Å². The van der Waals surface area contributed by atoms with Crippen LogP contribution >= 0.6 is 0 Å². The molecule has 0 fully saturated rings. The quantitative estimate of drug-likeness (QED) is 0.0261. The van der Waals surface area contributed by atoms with Gasteiger partial charge in [-0.3, -0.25) is 14.4 Å². The minimum absolute atomic E-state index is 0.0766. The van der Waals surface area contributed by atoms with Gasteiger partial charge in [-0.2, -0.15) is 0 Å². The fourth-order valence-electron chi connectivity index (χ4n) is 10.7. The molecule has 1 atom stereocenters. The highest BCUT2D eigenvalue weighted by Gasteiger charge is 2.19. The topological polar surface area (TPSA) is 78.9 Å². The van der Waals surface area contributed by atoms with Crippen molar-refractivity contribution in [3.05, 3.63) is 72.9 Å². The van der Waals surface area contributed by atoms with E-state index in [2.05, 4.69) is 93.7 Å². The maximum atomic E-state index is 13.0. The van der Waals surface area contributed by atoms with Crippen molar-refractivity contribution in [2.75, 3.05) is 13.2 Å². The maximum Gasteiger partial charge on any atom is 0.306 e. The molecule has 0 spiro atoms. The summed E-state index contributed by atoms with van der Waals surface area (Å²) in [6, 6.07) is 0. The molecule has 0 amide bonds. The number of carbonyl (C=O) groups excluding carboxylic acids is 3. The number of esters is 3. The first-order valence-electron chi connectivity index (χ1n) is 36.4. The molecule has 0 aromatic rings. The fourth-order valence-corrected chi connectivity index (χ4v) is 10.7. The molecule has 0 bridgehead atoms. The molecule has 0 aliphatic heterocycles. The Bertz CT molecular complexity index is 1520. The smallest absolute Gasteiger partial charge is 0.306 e. The van der Waals surface area contributed by atoms with Crippen LogP contribution in [0, 0.1) is 0 Å². The molecule has 0 radical (unpaired) electrons. The first kappa shape index (κ1) is 79.8. The largest absolute Gasteiger partial charge is 0.462 e. The van der Waals surface area contributed by atoms with E-state index in [0.29, 0.717) is 19.3 Å². The normalized spacial score (nSPS) is 12.5. The van der Waals surface area contributed by atoms with Gasteiger partial charge in [0.2, 0.25) is 0 Å². The third kappa shape index (κ3) is 69.5. The third-order valence-electron chi connectivity index (χ3n) is 16.2. The average Bonchev–Trinajstić information content (AvgIpc) is 3.49. The fraction of sp³-hybridized carbons (Fsp3) is 0.805. The predicted molar refractivity (Wildman–Crippen MR) is 362 cm³/mol. The molecule has 6 nitrogen and oxygen atoms in total. The van der Waals surface area contributed by atoms with Crippen LogP contribution in [0.4, 0.5) is 0 Å². The van der Waals surface area contributed by atoms with Gasteiger partial charge in [0.15, 0.2) is 6.10 Å². The van der Waals surface area contributed by atoms with Crippen LogP contribution in [0.2, 0.25) is 0 Å². The Morgan fingerprint density at radius 3 is 0.675 bits per heavy atom. The van der Waals surface area contributed by atoms with Crippen molar-refractivity contribution in [1.82, 2.24) is 0 Å². The molecule has 0 rings (SSSR count). The highest BCUT2D eigenvalue weighted by atomic mass is 16.6. The van der Waals surface area contributed by atoms with Gasteiger partial charge < -0.3 is 14.2 Å². The van der Waals surface area contributed by atoms with Crippen LogP contribution in [0.1, 0.15) is 380 Å². The van der Waals surface area contributed by atoms with E-state index in [9.17, 15) is 14.4 Å². The van der Waals surface area contributed by atoms with Crippen molar-refractivity contribution in [2.24, 2.45) is 0 Å². The molecule has 0 heterocycles. The van der Waals surface area contributed by atoms with E-state index in [1.807, 2.05) is 0 Å². The van der Waals surface area contributed by atoms with Crippen molar-refractivity contribution in [2.45, 2.75) is 386 Å². The standard InChI is InChI=1S/C77H138O6/c1-4-7-10-13-16-19-22-25-28-30-32-34-35-36-37-38-39-40-41-43-44-46-49-52-55-58-61-64-67-70-76(79)82-73-74(72-81-75(78)69-66-63-60-57-54-51-48-27-24-21-18-15-12-9-6-3)83-77(80)71-68-65-62-59-56-53-50-47-45-42-33-31-29-26-23-20-17-14-11-8-5-2/h22-23,25-26,30-33,35-36,45,47,74H,4-21,24,27-29,34,37-44,46,48-73H2,1-3H3/b25-22-,26-23-,32-30-,33-31-,36-35-,47-45-.